The zero-order valence-corrected chi connectivity index (χ0v) is 21.8. The first-order valence-corrected chi connectivity index (χ1v) is 13.5. The number of piperidine rings is 1. The zero-order valence-electron chi connectivity index (χ0n) is 21.0. The summed E-state index contributed by atoms with van der Waals surface area (Å²) in [6.07, 6.45) is 3.11. The minimum absolute atomic E-state index is 0.132. The molecule has 0 aliphatic carbocycles. The minimum atomic E-state index is -0.887. The van der Waals surface area contributed by atoms with Crippen LogP contribution in [0.3, 0.4) is 0 Å². The van der Waals surface area contributed by atoms with Crippen molar-refractivity contribution in [1.82, 2.24) is 4.90 Å². The number of amides is 2. The molecule has 2 aliphatic rings. The fourth-order valence-corrected chi connectivity index (χ4v) is 5.21. The average Bonchev–Trinajstić information content (AvgIpc) is 2.90. The van der Waals surface area contributed by atoms with Crippen LogP contribution in [0.25, 0.3) is 0 Å². The van der Waals surface area contributed by atoms with E-state index in [0.717, 1.165) is 55.1 Å². The number of aliphatic hydroxyl groups excluding tert-OH is 1. The number of hydrogen-bond donors (Lipinski definition) is 2. The Bertz CT molecular complexity index is 905. The summed E-state index contributed by atoms with van der Waals surface area (Å²) >= 11 is 1.49. The number of benzene rings is 1. The summed E-state index contributed by atoms with van der Waals surface area (Å²) < 4.78 is 5.45. The maximum absolute atomic E-state index is 12.9. The highest BCUT2D eigenvalue weighted by molar-refractivity contribution is 8.05. The van der Waals surface area contributed by atoms with Gasteiger partial charge in [0.15, 0.2) is 0 Å². The van der Waals surface area contributed by atoms with E-state index in [0.29, 0.717) is 38.3 Å². The second-order valence-corrected chi connectivity index (χ2v) is 10.2. The van der Waals surface area contributed by atoms with Gasteiger partial charge in [-0.1, -0.05) is 38.5 Å². The molecule has 8 heteroatoms. The van der Waals surface area contributed by atoms with Gasteiger partial charge < -0.3 is 25.0 Å². The number of ether oxygens (including phenoxy) is 1. The van der Waals surface area contributed by atoms with E-state index in [1.54, 1.807) is 4.90 Å². The van der Waals surface area contributed by atoms with Gasteiger partial charge in [0.25, 0.3) is 11.8 Å². The molecule has 1 aromatic carbocycles. The van der Waals surface area contributed by atoms with E-state index in [2.05, 4.69) is 23.7 Å². The van der Waals surface area contributed by atoms with Crippen LogP contribution in [-0.2, 0) is 14.3 Å². The summed E-state index contributed by atoms with van der Waals surface area (Å²) in [7, 11) is 0. The fraction of sp³-hybridized carbons (Fsp3) is 0.556. The second kappa shape index (κ2) is 13.7. The summed E-state index contributed by atoms with van der Waals surface area (Å²) in [6.45, 7) is 12.3. The van der Waals surface area contributed by atoms with E-state index in [-0.39, 0.29) is 17.7 Å². The van der Waals surface area contributed by atoms with Crippen LogP contribution in [0.4, 0.5) is 11.4 Å². The number of carbonyl (C=O) groups is 2. The lowest BCUT2D eigenvalue weighted by Crippen LogP contribution is -2.44. The first kappa shape index (κ1) is 27.3. The Hall–Kier alpha value is -2.29. The molecule has 0 bridgehead atoms. The number of unbranched alkanes of at least 4 members (excludes halogenated alkanes) is 1. The van der Waals surface area contributed by atoms with Crippen LogP contribution in [0, 0.1) is 5.92 Å². The van der Waals surface area contributed by atoms with Crippen molar-refractivity contribution in [1.29, 1.82) is 0 Å². The van der Waals surface area contributed by atoms with Gasteiger partial charge in [-0.3, -0.25) is 9.59 Å². The number of aliphatic hydroxyl groups is 1. The van der Waals surface area contributed by atoms with E-state index >= 15 is 0 Å². The van der Waals surface area contributed by atoms with E-state index in [4.69, 9.17) is 4.74 Å². The molecule has 2 aliphatic heterocycles. The summed E-state index contributed by atoms with van der Waals surface area (Å²) in [5.74, 6) is -0.00146. The van der Waals surface area contributed by atoms with Gasteiger partial charge in [-0.15, -0.1) is 11.8 Å². The molecule has 0 radical (unpaired) electrons. The number of morpholine rings is 1. The van der Waals surface area contributed by atoms with Gasteiger partial charge in [-0.05, 0) is 54.6 Å². The Balaban J connectivity index is 1.48. The molecule has 2 fully saturated rings. The number of nitrogens with zero attached hydrogens (tertiary/aromatic N) is 2. The molecule has 1 unspecified atom stereocenters. The van der Waals surface area contributed by atoms with Crippen molar-refractivity contribution in [2.24, 2.45) is 5.92 Å². The molecule has 1 aromatic rings. The molecular weight excluding hydrogens is 462 g/mol. The fourth-order valence-electron chi connectivity index (χ4n) is 4.35. The Morgan fingerprint density at radius 1 is 1.23 bits per heavy atom. The summed E-state index contributed by atoms with van der Waals surface area (Å²) in [6, 6.07) is 7.86. The van der Waals surface area contributed by atoms with Crippen LogP contribution < -0.4 is 10.2 Å². The largest absolute Gasteiger partial charge is 0.383 e. The summed E-state index contributed by atoms with van der Waals surface area (Å²) in [4.78, 5) is 30.3. The van der Waals surface area contributed by atoms with Gasteiger partial charge in [0.1, 0.15) is 6.10 Å². The van der Waals surface area contributed by atoms with Crippen molar-refractivity contribution in [3.8, 4) is 0 Å². The second-order valence-electron chi connectivity index (χ2n) is 9.21. The van der Waals surface area contributed by atoms with E-state index in [1.807, 2.05) is 36.6 Å². The lowest BCUT2D eigenvalue weighted by Gasteiger charge is -2.33. The highest BCUT2D eigenvalue weighted by Gasteiger charge is 2.28. The van der Waals surface area contributed by atoms with Gasteiger partial charge in [0.05, 0.1) is 24.6 Å². The first-order chi connectivity index (χ1) is 16.9. The molecule has 2 amide bonds. The van der Waals surface area contributed by atoms with E-state index in [1.165, 1.54) is 11.8 Å². The van der Waals surface area contributed by atoms with E-state index < -0.39 is 6.10 Å². The van der Waals surface area contributed by atoms with Crippen molar-refractivity contribution in [2.75, 3.05) is 49.6 Å². The zero-order chi connectivity index (χ0) is 25.2. The smallest absolute Gasteiger partial charge is 0.251 e. The number of carbonyl (C=O) groups excluding carboxylic acids is 2. The van der Waals surface area contributed by atoms with Crippen molar-refractivity contribution in [2.45, 2.75) is 52.1 Å². The quantitative estimate of drug-likeness (QED) is 0.463. The number of para-hydroxylation sites is 2. The number of likely N-dealkylation sites (tertiary alicyclic amines) is 1. The normalized spacial score (nSPS) is 18.3. The topological polar surface area (TPSA) is 82.1 Å². The predicted octanol–water partition coefficient (Wildman–Crippen LogP) is 4.40. The van der Waals surface area contributed by atoms with Crippen LogP contribution >= 0.6 is 11.8 Å². The molecule has 0 spiro atoms. The average molecular weight is 502 g/mol. The molecule has 2 N–H and O–H groups in total. The third kappa shape index (κ3) is 7.85. The maximum atomic E-state index is 12.9. The molecule has 2 heterocycles. The number of rotatable bonds is 10. The predicted molar refractivity (Wildman–Crippen MR) is 143 cm³/mol. The molecule has 7 nitrogen and oxygen atoms in total. The lowest BCUT2D eigenvalue weighted by molar-refractivity contribution is -0.141. The highest BCUT2D eigenvalue weighted by atomic mass is 32.2. The number of nitrogens with one attached hydrogen (secondary N) is 1. The van der Waals surface area contributed by atoms with Crippen LogP contribution in [-0.4, -0.2) is 67.3 Å². The lowest BCUT2D eigenvalue weighted by atomic mass is 9.96. The third-order valence-corrected chi connectivity index (χ3v) is 7.73. The number of anilines is 2. The summed E-state index contributed by atoms with van der Waals surface area (Å²) in [5, 5.41) is 15.0. The maximum Gasteiger partial charge on any atom is 0.251 e. The van der Waals surface area contributed by atoms with Gasteiger partial charge in [0, 0.05) is 31.8 Å². The van der Waals surface area contributed by atoms with Crippen molar-refractivity contribution < 1.29 is 19.4 Å². The molecule has 0 aromatic heterocycles. The first-order valence-electron chi connectivity index (χ1n) is 12.6. The van der Waals surface area contributed by atoms with Crippen molar-refractivity contribution in [3.63, 3.8) is 0 Å². The van der Waals surface area contributed by atoms with Crippen LogP contribution in [0.1, 0.15) is 46.0 Å². The molecule has 0 saturated carbocycles. The monoisotopic (exact) mass is 501 g/mol. The molecule has 3 rings (SSSR count). The molecule has 192 valence electrons. The van der Waals surface area contributed by atoms with Gasteiger partial charge >= 0.3 is 0 Å². The molecule has 2 saturated heterocycles. The summed E-state index contributed by atoms with van der Waals surface area (Å²) in [5.41, 5.74) is 2.43. The Labute approximate surface area is 213 Å². The standard InChI is InChI=1S/C27H39N3O4S/c1-4-5-10-25(31)27(33)30-13-11-22(12-14-30)21(3)35-19-20(2)26(32)28-23-8-6-7-9-24(23)29-15-17-34-18-16-29/h6-9,19,22,25,31H,3-5,10-18H2,1-2H3,(H,28,32)/b20-19+. The SMILES string of the molecule is C=C(S/C=C(\C)C(=O)Nc1ccccc1N1CCOCC1)C1CCN(C(=O)C(O)CCCC)CC1. The van der Waals surface area contributed by atoms with Gasteiger partial charge in [-0.2, -0.15) is 0 Å². The number of hydrogen-bond acceptors (Lipinski definition) is 6. The van der Waals surface area contributed by atoms with E-state index in [9.17, 15) is 14.7 Å². The van der Waals surface area contributed by atoms with Crippen molar-refractivity contribution in [3.05, 3.63) is 46.7 Å². The Kier molecular flexibility index (Phi) is 10.7. The van der Waals surface area contributed by atoms with Gasteiger partial charge in [-0.25, -0.2) is 0 Å². The number of allylic oxidation sites excluding steroid dienone is 1. The molecule has 1 atom stereocenters. The Morgan fingerprint density at radius 2 is 1.91 bits per heavy atom. The Morgan fingerprint density at radius 3 is 2.60 bits per heavy atom. The third-order valence-electron chi connectivity index (χ3n) is 6.63. The molecular formula is C27H39N3O4S. The van der Waals surface area contributed by atoms with Crippen LogP contribution in [0.5, 0.6) is 0 Å². The minimum Gasteiger partial charge on any atom is -0.383 e. The van der Waals surface area contributed by atoms with Crippen molar-refractivity contribution >= 4 is 35.0 Å². The van der Waals surface area contributed by atoms with Crippen LogP contribution in [0.2, 0.25) is 0 Å². The molecule has 35 heavy (non-hydrogen) atoms. The van der Waals surface area contributed by atoms with Gasteiger partial charge in [0.2, 0.25) is 0 Å². The number of thioether (sulfide) groups is 1. The van der Waals surface area contributed by atoms with Crippen LogP contribution in [0.15, 0.2) is 46.7 Å². The highest BCUT2D eigenvalue weighted by Crippen LogP contribution is 2.33.